The zero-order valence-corrected chi connectivity index (χ0v) is 10.4. The fourth-order valence-electron chi connectivity index (χ4n) is 1.56. The summed E-state index contributed by atoms with van der Waals surface area (Å²) in [5, 5.41) is 0.147. The highest BCUT2D eigenvalue weighted by Gasteiger charge is 2.19. The Hall–Kier alpha value is -2.14. The molecule has 1 heterocycles. The van der Waals surface area contributed by atoms with Crippen LogP contribution in [0.4, 0.5) is 11.5 Å². The van der Waals surface area contributed by atoms with Gasteiger partial charge >= 0.3 is 0 Å². The Labute approximate surface area is 109 Å². The summed E-state index contributed by atoms with van der Waals surface area (Å²) in [4.78, 5) is 21.2. The molecule has 5 nitrogen and oxygen atoms in total. The minimum absolute atomic E-state index is 0.147. The second-order valence-corrected chi connectivity index (χ2v) is 3.99. The van der Waals surface area contributed by atoms with Gasteiger partial charge in [-0.3, -0.25) is 4.79 Å². The average molecular weight is 263 g/mol. The van der Waals surface area contributed by atoms with Gasteiger partial charge in [-0.15, -0.1) is 0 Å². The van der Waals surface area contributed by atoms with E-state index in [9.17, 15) is 4.79 Å². The van der Waals surface area contributed by atoms with Crippen LogP contribution in [0.3, 0.4) is 0 Å². The van der Waals surface area contributed by atoms with Gasteiger partial charge in [-0.2, -0.15) is 0 Å². The van der Waals surface area contributed by atoms with Crippen molar-refractivity contribution in [1.29, 1.82) is 0 Å². The number of nitrogens with zero attached hydrogens (tertiary/aromatic N) is 3. The van der Waals surface area contributed by atoms with Crippen LogP contribution in [0.5, 0.6) is 0 Å². The molecular weight excluding hydrogens is 252 g/mol. The Morgan fingerprint density at radius 1 is 1.28 bits per heavy atom. The normalized spacial score (nSPS) is 10.1. The number of nitrogens with two attached hydrogens (primary N) is 1. The molecule has 0 fully saturated rings. The third kappa shape index (κ3) is 2.26. The average Bonchev–Trinajstić information content (AvgIpc) is 2.38. The van der Waals surface area contributed by atoms with E-state index in [0.717, 1.165) is 0 Å². The number of hydrogen-bond donors (Lipinski definition) is 1. The van der Waals surface area contributed by atoms with Crippen LogP contribution in [0, 0.1) is 0 Å². The number of amides is 1. The van der Waals surface area contributed by atoms with Crippen LogP contribution in [0.2, 0.25) is 5.15 Å². The molecule has 0 spiro atoms. The first kappa shape index (κ1) is 12.3. The van der Waals surface area contributed by atoms with Crippen molar-refractivity contribution in [3.8, 4) is 0 Å². The molecule has 1 amide bonds. The van der Waals surface area contributed by atoms with Gasteiger partial charge in [-0.1, -0.05) is 29.8 Å². The van der Waals surface area contributed by atoms with E-state index in [1.807, 2.05) is 6.07 Å². The standard InChI is InChI=1S/C12H11ClN4O/c1-17(9-10(13)15-7-16-11(9)14)12(18)8-5-3-2-4-6-8/h2-7H,1H3,(H2,14,15,16). The van der Waals surface area contributed by atoms with E-state index in [1.54, 1.807) is 31.3 Å². The van der Waals surface area contributed by atoms with E-state index in [0.29, 0.717) is 11.3 Å². The van der Waals surface area contributed by atoms with Crippen molar-refractivity contribution in [2.24, 2.45) is 0 Å². The van der Waals surface area contributed by atoms with E-state index in [-0.39, 0.29) is 16.9 Å². The van der Waals surface area contributed by atoms with Crippen molar-refractivity contribution in [1.82, 2.24) is 9.97 Å². The number of benzene rings is 1. The summed E-state index contributed by atoms with van der Waals surface area (Å²) >= 11 is 5.93. The SMILES string of the molecule is CN(C(=O)c1ccccc1)c1c(N)ncnc1Cl. The summed E-state index contributed by atoms with van der Waals surface area (Å²) in [7, 11) is 1.58. The topological polar surface area (TPSA) is 72.1 Å². The van der Waals surface area contributed by atoms with Gasteiger partial charge in [0.25, 0.3) is 5.91 Å². The molecule has 6 heteroatoms. The first-order valence-corrected chi connectivity index (χ1v) is 5.58. The number of anilines is 2. The van der Waals surface area contributed by atoms with Gasteiger partial charge in [0.05, 0.1) is 0 Å². The Morgan fingerprint density at radius 2 is 1.94 bits per heavy atom. The third-order valence-corrected chi connectivity index (χ3v) is 2.74. The lowest BCUT2D eigenvalue weighted by molar-refractivity contribution is 0.0993. The van der Waals surface area contributed by atoms with Crippen molar-refractivity contribution in [2.45, 2.75) is 0 Å². The first-order valence-electron chi connectivity index (χ1n) is 5.20. The Balaban J connectivity index is 2.38. The molecule has 2 rings (SSSR count). The van der Waals surface area contributed by atoms with Crippen molar-refractivity contribution < 1.29 is 4.79 Å². The molecule has 0 radical (unpaired) electrons. The summed E-state index contributed by atoms with van der Waals surface area (Å²) in [6.07, 6.45) is 1.25. The van der Waals surface area contributed by atoms with Crippen molar-refractivity contribution >= 4 is 29.0 Å². The lowest BCUT2D eigenvalue weighted by atomic mass is 10.2. The second-order valence-electron chi connectivity index (χ2n) is 3.63. The molecule has 1 aromatic heterocycles. The number of carbonyl (C=O) groups excluding carboxylic acids is 1. The van der Waals surface area contributed by atoms with Crippen LogP contribution < -0.4 is 10.6 Å². The van der Waals surface area contributed by atoms with E-state index in [1.165, 1.54) is 11.2 Å². The molecule has 0 aliphatic heterocycles. The molecule has 2 aromatic rings. The maximum absolute atomic E-state index is 12.2. The van der Waals surface area contributed by atoms with Gasteiger partial charge in [0, 0.05) is 12.6 Å². The number of halogens is 1. The van der Waals surface area contributed by atoms with Gasteiger partial charge < -0.3 is 10.6 Å². The summed E-state index contributed by atoms with van der Waals surface area (Å²) in [6.45, 7) is 0. The highest BCUT2D eigenvalue weighted by atomic mass is 35.5. The lowest BCUT2D eigenvalue weighted by Crippen LogP contribution is -2.27. The minimum atomic E-state index is -0.223. The molecule has 0 aliphatic carbocycles. The molecule has 0 saturated heterocycles. The number of rotatable bonds is 2. The molecule has 2 N–H and O–H groups in total. The van der Waals surface area contributed by atoms with Gasteiger partial charge in [-0.05, 0) is 12.1 Å². The maximum Gasteiger partial charge on any atom is 0.258 e. The van der Waals surface area contributed by atoms with Crippen LogP contribution in [0.15, 0.2) is 36.7 Å². The fourth-order valence-corrected chi connectivity index (χ4v) is 1.82. The van der Waals surface area contributed by atoms with Crippen LogP contribution in [0.1, 0.15) is 10.4 Å². The van der Waals surface area contributed by atoms with Gasteiger partial charge in [0.1, 0.15) is 12.0 Å². The van der Waals surface area contributed by atoms with Crippen LogP contribution in [-0.2, 0) is 0 Å². The van der Waals surface area contributed by atoms with E-state index < -0.39 is 0 Å². The van der Waals surface area contributed by atoms with Crippen LogP contribution in [-0.4, -0.2) is 22.9 Å². The molecule has 1 aromatic carbocycles. The fraction of sp³-hybridized carbons (Fsp3) is 0.0833. The number of carbonyl (C=O) groups is 1. The highest BCUT2D eigenvalue weighted by molar-refractivity contribution is 6.33. The van der Waals surface area contributed by atoms with E-state index in [2.05, 4.69) is 9.97 Å². The summed E-state index contributed by atoms with van der Waals surface area (Å²) < 4.78 is 0. The van der Waals surface area contributed by atoms with E-state index >= 15 is 0 Å². The number of hydrogen-bond acceptors (Lipinski definition) is 4. The zero-order valence-electron chi connectivity index (χ0n) is 9.67. The molecule has 92 valence electrons. The summed E-state index contributed by atoms with van der Waals surface area (Å²) in [5.74, 6) is -0.0548. The molecule has 18 heavy (non-hydrogen) atoms. The molecular formula is C12H11ClN4O. The van der Waals surface area contributed by atoms with Crippen LogP contribution in [0.25, 0.3) is 0 Å². The lowest BCUT2D eigenvalue weighted by Gasteiger charge is -2.19. The van der Waals surface area contributed by atoms with Gasteiger partial charge in [0.15, 0.2) is 11.0 Å². The highest BCUT2D eigenvalue weighted by Crippen LogP contribution is 2.28. The zero-order chi connectivity index (χ0) is 13.1. The smallest absolute Gasteiger partial charge is 0.258 e. The van der Waals surface area contributed by atoms with E-state index in [4.69, 9.17) is 17.3 Å². The predicted octanol–water partition coefficient (Wildman–Crippen LogP) is 1.99. The first-order chi connectivity index (χ1) is 8.61. The Kier molecular flexibility index (Phi) is 3.43. The van der Waals surface area contributed by atoms with Gasteiger partial charge in [0.2, 0.25) is 0 Å². The van der Waals surface area contributed by atoms with Gasteiger partial charge in [-0.25, -0.2) is 9.97 Å². The number of nitrogen functional groups attached to an aromatic ring is 1. The molecule has 0 bridgehead atoms. The third-order valence-electron chi connectivity index (χ3n) is 2.47. The summed E-state index contributed by atoms with van der Waals surface area (Å²) in [6, 6.07) is 8.84. The van der Waals surface area contributed by atoms with Crippen molar-refractivity contribution in [3.63, 3.8) is 0 Å². The second kappa shape index (κ2) is 5.01. The largest absolute Gasteiger partial charge is 0.382 e. The predicted molar refractivity (Wildman–Crippen MR) is 70.6 cm³/mol. The Bertz CT molecular complexity index is 553. The summed E-state index contributed by atoms with van der Waals surface area (Å²) in [5.41, 5.74) is 6.56. The molecule has 0 unspecified atom stereocenters. The van der Waals surface area contributed by atoms with Crippen LogP contribution >= 0.6 is 11.6 Å². The molecule has 0 atom stereocenters. The molecule has 0 aliphatic rings. The maximum atomic E-state index is 12.2. The van der Waals surface area contributed by atoms with Crippen molar-refractivity contribution in [3.05, 3.63) is 47.4 Å². The quantitative estimate of drug-likeness (QED) is 0.840. The molecule has 0 saturated carbocycles. The number of aromatic nitrogens is 2. The van der Waals surface area contributed by atoms with Crippen molar-refractivity contribution in [2.75, 3.05) is 17.7 Å². The Morgan fingerprint density at radius 3 is 2.56 bits per heavy atom. The minimum Gasteiger partial charge on any atom is -0.382 e. The monoisotopic (exact) mass is 262 g/mol.